The number of aryl methyl sites for hydroxylation is 1. The Morgan fingerprint density at radius 3 is 2.38 bits per heavy atom. The van der Waals surface area contributed by atoms with Crippen LogP contribution in [0.15, 0.2) is 97.3 Å². The Hall–Kier alpha value is -4.43. The zero-order chi connectivity index (χ0) is 28.5. The molecule has 0 saturated carbocycles. The molecule has 2 N–H and O–H groups in total. The number of carbonyl (C=O) groups is 3. The van der Waals surface area contributed by atoms with Crippen LogP contribution in [0.25, 0.3) is 11.1 Å². The molecule has 0 radical (unpaired) electrons. The summed E-state index contributed by atoms with van der Waals surface area (Å²) in [5, 5.41) is 12.3. The molecular weight excluding hydrogens is 522 g/mol. The summed E-state index contributed by atoms with van der Waals surface area (Å²) >= 11 is 1.52. The van der Waals surface area contributed by atoms with Crippen molar-refractivity contribution in [2.45, 2.75) is 25.9 Å². The van der Waals surface area contributed by atoms with Crippen LogP contribution in [-0.4, -0.2) is 45.9 Å². The predicted octanol–water partition coefficient (Wildman–Crippen LogP) is 5.84. The van der Waals surface area contributed by atoms with Crippen LogP contribution in [0.5, 0.6) is 0 Å². The van der Waals surface area contributed by atoms with E-state index in [1.165, 1.54) is 11.8 Å². The summed E-state index contributed by atoms with van der Waals surface area (Å²) in [6.07, 6.45) is 5.49. The van der Waals surface area contributed by atoms with Crippen LogP contribution in [0.3, 0.4) is 0 Å². The largest absolute Gasteiger partial charge is 0.480 e. The number of amides is 2. The molecule has 1 atom stereocenters. The molecule has 0 aliphatic rings. The summed E-state index contributed by atoms with van der Waals surface area (Å²) in [6, 6.07) is 24.8. The van der Waals surface area contributed by atoms with Gasteiger partial charge in [-0.05, 0) is 77.9 Å². The molecule has 0 saturated heterocycles. The Balaban J connectivity index is 1.76. The first-order valence-electron chi connectivity index (χ1n) is 12.9. The van der Waals surface area contributed by atoms with E-state index in [9.17, 15) is 19.5 Å². The van der Waals surface area contributed by atoms with Gasteiger partial charge in [0.15, 0.2) is 0 Å². The van der Waals surface area contributed by atoms with Gasteiger partial charge in [-0.2, -0.15) is 11.8 Å². The van der Waals surface area contributed by atoms with E-state index in [2.05, 4.69) is 10.3 Å². The molecule has 0 spiro atoms. The molecule has 7 nitrogen and oxygen atoms in total. The number of carboxylic acids is 1. The molecule has 3 aromatic carbocycles. The number of nitrogens with one attached hydrogen (secondary N) is 1. The number of aliphatic carboxylic acids is 1. The molecule has 1 aromatic heterocycles. The number of benzene rings is 3. The topological polar surface area (TPSA) is 99.6 Å². The second-order valence-electron chi connectivity index (χ2n) is 9.31. The van der Waals surface area contributed by atoms with Gasteiger partial charge in [0.1, 0.15) is 6.04 Å². The number of thioether (sulfide) groups is 1. The van der Waals surface area contributed by atoms with Crippen molar-refractivity contribution in [2.75, 3.05) is 16.9 Å². The van der Waals surface area contributed by atoms with Gasteiger partial charge in [0, 0.05) is 17.3 Å². The van der Waals surface area contributed by atoms with E-state index in [0.29, 0.717) is 41.1 Å². The van der Waals surface area contributed by atoms with Gasteiger partial charge in [-0.3, -0.25) is 14.6 Å². The molecule has 40 heavy (non-hydrogen) atoms. The van der Waals surface area contributed by atoms with Crippen molar-refractivity contribution >= 4 is 35.2 Å². The van der Waals surface area contributed by atoms with E-state index in [-0.39, 0.29) is 5.91 Å². The number of carboxylic acid groups (broad SMARTS) is 1. The number of hydrogen-bond acceptors (Lipinski definition) is 5. The molecule has 4 aromatic rings. The lowest BCUT2D eigenvalue weighted by Crippen LogP contribution is -2.41. The fraction of sp³-hybridized carbons (Fsp3) is 0.188. The molecule has 8 heteroatoms. The first-order chi connectivity index (χ1) is 19.4. The van der Waals surface area contributed by atoms with Gasteiger partial charge in [0.2, 0.25) is 0 Å². The number of anilines is 1. The standard InChI is InChI=1S/C32H31N3O4S/c1-22-9-6-7-13-26(22)28-19-24(14-15-27(28)30(36)34-29(32(38)39)16-18-40-2)31(37)35(25-12-8-17-33-20-25)21-23-10-4-3-5-11-23/h3-15,17,19-20,29H,16,18,21H2,1-2H3,(H,34,36)(H,38,39). The summed E-state index contributed by atoms with van der Waals surface area (Å²) in [5.41, 5.74) is 4.57. The van der Waals surface area contributed by atoms with Crippen LogP contribution in [0, 0.1) is 6.92 Å². The van der Waals surface area contributed by atoms with E-state index in [0.717, 1.165) is 16.7 Å². The van der Waals surface area contributed by atoms with Gasteiger partial charge >= 0.3 is 5.97 Å². The maximum absolute atomic E-state index is 14.0. The molecular formula is C32H31N3O4S. The van der Waals surface area contributed by atoms with Crippen molar-refractivity contribution in [1.29, 1.82) is 0 Å². The summed E-state index contributed by atoms with van der Waals surface area (Å²) in [7, 11) is 0. The van der Waals surface area contributed by atoms with Gasteiger partial charge in [0.05, 0.1) is 18.4 Å². The highest BCUT2D eigenvalue weighted by Gasteiger charge is 2.25. The molecule has 0 aliphatic carbocycles. The predicted molar refractivity (Wildman–Crippen MR) is 160 cm³/mol. The molecule has 4 rings (SSSR count). The van der Waals surface area contributed by atoms with Crippen LogP contribution in [0.4, 0.5) is 5.69 Å². The van der Waals surface area contributed by atoms with Crippen molar-refractivity contribution in [1.82, 2.24) is 10.3 Å². The molecule has 1 unspecified atom stereocenters. The van der Waals surface area contributed by atoms with Crippen molar-refractivity contribution in [3.8, 4) is 11.1 Å². The average Bonchev–Trinajstić information content (AvgIpc) is 2.98. The lowest BCUT2D eigenvalue weighted by Gasteiger charge is -2.24. The first kappa shape index (κ1) is 28.6. The minimum Gasteiger partial charge on any atom is -0.480 e. The maximum Gasteiger partial charge on any atom is 0.326 e. The fourth-order valence-electron chi connectivity index (χ4n) is 4.42. The van der Waals surface area contributed by atoms with Crippen LogP contribution in [0.2, 0.25) is 0 Å². The summed E-state index contributed by atoms with van der Waals surface area (Å²) in [6.45, 7) is 2.27. The number of nitrogens with zero attached hydrogens (tertiary/aromatic N) is 2. The number of rotatable bonds is 11. The minimum atomic E-state index is -1.08. The van der Waals surface area contributed by atoms with Crippen molar-refractivity contribution in [2.24, 2.45) is 0 Å². The van der Waals surface area contributed by atoms with Gasteiger partial charge in [-0.15, -0.1) is 0 Å². The van der Waals surface area contributed by atoms with Crippen molar-refractivity contribution in [3.63, 3.8) is 0 Å². The van der Waals surface area contributed by atoms with E-state index >= 15 is 0 Å². The van der Waals surface area contributed by atoms with Gasteiger partial charge in [-0.25, -0.2) is 4.79 Å². The van der Waals surface area contributed by atoms with E-state index in [4.69, 9.17) is 0 Å². The van der Waals surface area contributed by atoms with E-state index in [1.807, 2.05) is 73.8 Å². The average molecular weight is 554 g/mol. The van der Waals surface area contributed by atoms with Crippen LogP contribution >= 0.6 is 11.8 Å². The molecule has 0 bridgehead atoms. The summed E-state index contributed by atoms with van der Waals surface area (Å²) in [5.74, 6) is -1.23. The zero-order valence-electron chi connectivity index (χ0n) is 22.4. The minimum absolute atomic E-state index is 0.248. The first-order valence-corrected chi connectivity index (χ1v) is 14.3. The Morgan fingerprint density at radius 2 is 1.70 bits per heavy atom. The summed E-state index contributed by atoms with van der Waals surface area (Å²) < 4.78 is 0. The SMILES string of the molecule is CSCCC(NC(=O)c1ccc(C(=O)N(Cc2ccccc2)c2cccnc2)cc1-c1ccccc1C)C(=O)O. The molecule has 0 fully saturated rings. The number of carbonyl (C=O) groups excluding carboxylic acids is 2. The highest BCUT2D eigenvalue weighted by molar-refractivity contribution is 7.98. The van der Waals surface area contributed by atoms with Crippen LogP contribution in [-0.2, 0) is 11.3 Å². The fourth-order valence-corrected chi connectivity index (χ4v) is 4.89. The molecule has 1 heterocycles. The van der Waals surface area contributed by atoms with Crippen LogP contribution < -0.4 is 10.2 Å². The normalized spacial score (nSPS) is 11.4. The van der Waals surface area contributed by atoms with Gasteiger partial charge in [-0.1, -0.05) is 54.6 Å². The Kier molecular flexibility index (Phi) is 9.70. The number of pyridine rings is 1. The van der Waals surface area contributed by atoms with Gasteiger partial charge in [0.25, 0.3) is 11.8 Å². The maximum atomic E-state index is 14.0. The van der Waals surface area contributed by atoms with Crippen molar-refractivity contribution < 1.29 is 19.5 Å². The summed E-state index contributed by atoms with van der Waals surface area (Å²) in [4.78, 5) is 45.1. The highest BCUT2D eigenvalue weighted by atomic mass is 32.2. The third kappa shape index (κ3) is 6.95. The monoisotopic (exact) mass is 553 g/mol. The Labute approximate surface area is 238 Å². The van der Waals surface area contributed by atoms with Crippen molar-refractivity contribution in [3.05, 3.63) is 120 Å². The number of hydrogen-bond donors (Lipinski definition) is 2. The third-order valence-electron chi connectivity index (χ3n) is 6.55. The van der Waals surface area contributed by atoms with E-state index < -0.39 is 17.9 Å². The highest BCUT2D eigenvalue weighted by Crippen LogP contribution is 2.30. The Morgan fingerprint density at radius 1 is 0.950 bits per heavy atom. The second kappa shape index (κ2) is 13.6. The van der Waals surface area contributed by atoms with Gasteiger partial charge < -0.3 is 15.3 Å². The Bertz CT molecular complexity index is 1480. The molecule has 0 aliphatic heterocycles. The second-order valence-corrected chi connectivity index (χ2v) is 10.3. The third-order valence-corrected chi connectivity index (χ3v) is 7.19. The molecule has 2 amide bonds. The zero-order valence-corrected chi connectivity index (χ0v) is 23.2. The lowest BCUT2D eigenvalue weighted by molar-refractivity contribution is -0.139. The lowest BCUT2D eigenvalue weighted by atomic mass is 9.93. The van der Waals surface area contributed by atoms with E-state index in [1.54, 1.807) is 41.6 Å². The van der Waals surface area contributed by atoms with Crippen LogP contribution in [0.1, 0.15) is 38.3 Å². The molecule has 204 valence electrons. The number of aromatic nitrogens is 1. The smallest absolute Gasteiger partial charge is 0.326 e. The quantitative estimate of drug-likeness (QED) is 0.242.